The molecule has 100 valence electrons. The molecule has 0 rings (SSSR count). The lowest BCUT2D eigenvalue weighted by Gasteiger charge is -2.31. The summed E-state index contributed by atoms with van der Waals surface area (Å²) in [6.07, 6.45) is 0.810. The van der Waals surface area contributed by atoms with Crippen molar-refractivity contribution in [3.8, 4) is 0 Å². The molecule has 5 nitrogen and oxygen atoms in total. The maximum absolute atomic E-state index is 12.3. The van der Waals surface area contributed by atoms with Crippen LogP contribution < -0.4 is 5.32 Å². The normalized spacial score (nSPS) is 11.1. The standard InChI is InChI=1S/C12H24N2O3/c1-6-8-14(9-10(15)17-5)11(16)12(3,4)13-7-2/h13H,6-9H2,1-5H3. The number of methoxy groups -OCH3 is 1. The maximum atomic E-state index is 12.3. The van der Waals surface area contributed by atoms with E-state index in [0.717, 1.165) is 6.42 Å². The molecule has 0 radical (unpaired) electrons. The number of carbonyl (C=O) groups excluding carboxylic acids is 2. The van der Waals surface area contributed by atoms with E-state index in [0.29, 0.717) is 13.1 Å². The molecule has 17 heavy (non-hydrogen) atoms. The average molecular weight is 244 g/mol. The summed E-state index contributed by atoms with van der Waals surface area (Å²) in [6.45, 7) is 8.83. The van der Waals surface area contributed by atoms with Crippen molar-refractivity contribution in [1.29, 1.82) is 0 Å². The van der Waals surface area contributed by atoms with Gasteiger partial charge in [0.05, 0.1) is 12.6 Å². The molecule has 5 heteroatoms. The Hall–Kier alpha value is -1.10. The summed E-state index contributed by atoms with van der Waals surface area (Å²) in [4.78, 5) is 25.0. The zero-order valence-electron chi connectivity index (χ0n) is 11.5. The van der Waals surface area contributed by atoms with Crippen LogP contribution in [0.3, 0.4) is 0 Å². The SMILES string of the molecule is CCCN(CC(=O)OC)C(=O)C(C)(C)NCC. The van der Waals surface area contributed by atoms with Crippen molar-refractivity contribution < 1.29 is 14.3 Å². The van der Waals surface area contributed by atoms with Gasteiger partial charge in [0.15, 0.2) is 0 Å². The van der Waals surface area contributed by atoms with Crippen LogP contribution in [-0.2, 0) is 14.3 Å². The van der Waals surface area contributed by atoms with E-state index in [9.17, 15) is 9.59 Å². The summed E-state index contributed by atoms with van der Waals surface area (Å²) in [6, 6.07) is 0. The highest BCUT2D eigenvalue weighted by atomic mass is 16.5. The highest BCUT2D eigenvalue weighted by Crippen LogP contribution is 2.08. The van der Waals surface area contributed by atoms with Gasteiger partial charge in [-0.3, -0.25) is 9.59 Å². The first-order valence-electron chi connectivity index (χ1n) is 6.00. The molecule has 0 aliphatic rings. The molecule has 1 N–H and O–H groups in total. The summed E-state index contributed by atoms with van der Waals surface area (Å²) in [5, 5.41) is 3.11. The molecule has 0 aliphatic carbocycles. The van der Waals surface area contributed by atoms with Gasteiger partial charge in [-0.25, -0.2) is 0 Å². The number of ether oxygens (including phenoxy) is 1. The van der Waals surface area contributed by atoms with Gasteiger partial charge in [0, 0.05) is 6.54 Å². The molecule has 0 saturated carbocycles. The smallest absolute Gasteiger partial charge is 0.325 e. The molecular formula is C12H24N2O3. The highest BCUT2D eigenvalue weighted by molar-refractivity contribution is 5.88. The van der Waals surface area contributed by atoms with Crippen LogP contribution in [0.5, 0.6) is 0 Å². The Labute approximate surface area is 103 Å². The zero-order chi connectivity index (χ0) is 13.5. The largest absolute Gasteiger partial charge is 0.468 e. The molecule has 0 aromatic carbocycles. The molecule has 0 spiro atoms. The van der Waals surface area contributed by atoms with E-state index in [4.69, 9.17) is 0 Å². The van der Waals surface area contributed by atoms with Gasteiger partial charge >= 0.3 is 5.97 Å². The van der Waals surface area contributed by atoms with Gasteiger partial charge in [-0.15, -0.1) is 0 Å². The van der Waals surface area contributed by atoms with Crippen molar-refractivity contribution in [2.24, 2.45) is 0 Å². The zero-order valence-corrected chi connectivity index (χ0v) is 11.5. The van der Waals surface area contributed by atoms with Gasteiger partial charge in [0.25, 0.3) is 0 Å². The number of amides is 1. The number of nitrogens with zero attached hydrogens (tertiary/aromatic N) is 1. The second kappa shape index (κ2) is 7.27. The Morgan fingerprint density at radius 2 is 1.88 bits per heavy atom. The monoisotopic (exact) mass is 244 g/mol. The van der Waals surface area contributed by atoms with Crippen molar-refractivity contribution in [3.63, 3.8) is 0 Å². The number of hydrogen-bond donors (Lipinski definition) is 1. The van der Waals surface area contributed by atoms with Gasteiger partial charge in [-0.2, -0.15) is 0 Å². The fourth-order valence-corrected chi connectivity index (χ4v) is 1.66. The third-order valence-corrected chi connectivity index (χ3v) is 2.48. The van der Waals surface area contributed by atoms with Crippen molar-refractivity contribution >= 4 is 11.9 Å². The molecule has 0 fully saturated rings. The number of carbonyl (C=O) groups is 2. The molecule has 1 amide bonds. The molecular weight excluding hydrogens is 220 g/mol. The molecule has 0 aromatic heterocycles. The topological polar surface area (TPSA) is 58.6 Å². The average Bonchev–Trinajstić information content (AvgIpc) is 2.27. The van der Waals surface area contributed by atoms with Crippen LogP contribution in [0.1, 0.15) is 34.1 Å². The van der Waals surface area contributed by atoms with Crippen LogP contribution in [0.4, 0.5) is 0 Å². The van der Waals surface area contributed by atoms with E-state index < -0.39 is 5.54 Å². The number of nitrogens with one attached hydrogen (secondary N) is 1. The molecule has 0 saturated heterocycles. The first kappa shape index (κ1) is 15.9. The molecule has 0 unspecified atom stereocenters. The minimum Gasteiger partial charge on any atom is -0.468 e. The second-order valence-corrected chi connectivity index (χ2v) is 4.46. The van der Waals surface area contributed by atoms with E-state index in [2.05, 4.69) is 10.1 Å². The van der Waals surface area contributed by atoms with E-state index in [1.807, 2.05) is 27.7 Å². The lowest BCUT2D eigenvalue weighted by Crippen LogP contribution is -2.55. The molecule has 0 bridgehead atoms. The fraction of sp³-hybridized carbons (Fsp3) is 0.833. The Morgan fingerprint density at radius 1 is 1.29 bits per heavy atom. The van der Waals surface area contributed by atoms with Crippen LogP contribution in [0.25, 0.3) is 0 Å². The number of rotatable bonds is 7. The van der Waals surface area contributed by atoms with Crippen LogP contribution >= 0.6 is 0 Å². The summed E-state index contributed by atoms with van der Waals surface area (Å²) >= 11 is 0. The molecule has 0 atom stereocenters. The van der Waals surface area contributed by atoms with Crippen LogP contribution in [0.2, 0.25) is 0 Å². The molecule has 0 heterocycles. The highest BCUT2D eigenvalue weighted by Gasteiger charge is 2.31. The minimum atomic E-state index is -0.655. The van der Waals surface area contributed by atoms with Crippen LogP contribution in [0.15, 0.2) is 0 Å². The summed E-state index contributed by atoms with van der Waals surface area (Å²) in [5.74, 6) is -0.467. The quantitative estimate of drug-likeness (QED) is 0.673. The second-order valence-electron chi connectivity index (χ2n) is 4.46. The Balaban J connectivity index is 4.68. The third kappa shape index (κ3) is 5.17. The Morgan fingerprint density at radius 3 is 2.29 bits per heavy atom. The van der Waals surface area contributed by atoms with Gasteiger partial charge in [0.1, 0.15) is 6.54 Å². The van der Waals surface area contributed by atoms with E-state index >= 15 is 0 Å². The Bertz CT molecular complexity index is 264. The first-order valence-corrected chi connectivity index (χ1v) is 6.00. The predicted octanol–water partition coefficient (Wildman–Crippen LogP) is 0.786. The van der Waals surface area contributed by atoms with E-state index in [1.54, 1.807) is 0 Å². The van der Waals surface area contributed by atoms with Gasteiger partial charge in [-0.1, -0.05) is 13.8 Å². The van der Waals surface area contributed by atoms with Crippen molar-refractivity contribution in [1.82, 2.24) is 10.2 Å². The number of hydrogen-bond acceptors (Lipinski definition) is 4. The van der Waals surface area contributed by atoms with Crippen LogP contribution in [0, 0.1) is 0 Å². The predicted molar refractivity (Wildman–Crippen MR) is 66.6 cm³/mol. The molecule has 0 aliphatic heterocycles. The minimum absolute atomic E-state index is 0.0119. The third-order valence-electron chi connectivity index (χ3n) is 2.48. The summed E-state index contributed by atoms with van der Waals surface area (Å²) in [7, 11) is 1.33. The van der Waals surface area contributed by atoms with Gasteiger partial charge in [-0.05, 0) is 26.8 Å². The van der Waals surface area contributed by atoms with Gasteiger partial charge < -0.3 is 15.0 Å². The number of esters is 1. The summed E-state index contributed by atoms with van der Waals surface area (Å²) in [5.41, 5.74) is -0.655. The maximum Gasteiger partial charge on any atom is 0.325 e. The van der Waals surface area contributed by atoms with E-state index in [-0.39, 0.29) is 18.4 Å². The van der Waals surface area contributed by atoms with Crippen molar-refractivity contribution in [3.05, 3.63) is 0 Å². The lowest BCUT2D eigenvalue weighted by atomic mass is 10.0. The van der Waals surface area contributed by atoms with Crippen LogP contribution in [-0.4, -0.2) is 49.1 Å². The lowest BCUT2D eigenvalue weighted by molar-refractivity contribution is -0.149. The number of likely N-dealkylation sites (N-methyl/N-ethyl adjacent to an activating group) is 1. The first-order chi connectivity index (χ1) is 7.88. The Kier molecular flexibility index (Phi) is 6.80. The van der Waals surface area contributed by atoms with E-state index in [1.165, 1.54) is 12.0 Å². The summed E-state index contributed by atoms with van der Waals surface area (Å²) < 4.78 is 4.60. The van der Waals surface area contributed by atoms with Crippen molar-refractivity contribution in [2.75, 3.05) is 26.7 Å². The fourth-order valence-electron chi connectivity index (χ4n) is 1.66. The van der Waals surface area contributed by atoms with Gasteiger partial charge in [0.2, 0.25) is 5.91 Å². The van der Waals surface area contributed by atoms with Crippen molar-refractivity contribution in [2.45, 2.75) is 39.7 Å². The molecule has 0 aromatic rings.